The third kappa shape index (κ3) is 10.5. The van der Waals surface area contributed by atoms with Gasteiger partial charge < -0.3 is 15.5 Å². The van der Waals surface area contributed by atoms with E-state index in [-0.39, 0.29) is 35.2 Å². The van der Waals surface area contributed by atoms with Crippen molar-refractivity contribution in [3.8, 4) is 0 Å². The Morgan fingerprint density at radius 1 is 0.852 bits per heavy atom. The van der Waals surface area contributed by atoms with Gasteiger partial charge >= 0.3 is 11.4 Å². The highest BCUT2D eigenvalue weighted by atomic mass is 32.2. The molecule has 61 heavy (non-hydrogen) atoms. The second kappa shape index (κ2) is 18.5. The summed E-state index contributed by atoms with van der Waals surface area (Å²) in [5.41, 5.74) is 1.26. The molecule has 324 valence electrons. The molecular weight excluding hydrogens is 839 g/mol. The zero-order valence-electron chi connectivity index (χ0n) is 33.3. The van der Waals surface area contributed by atoms with Crippen LogP contribution in [0.25, 0.3) is 0 Å². The number of carbonyl (C=O) groups is 1. The van der Waals surface area contributed by atoms with E-state index in [4.69, 9.17) is 0 Å². The van der Waals surface area contributed by atoms with Gasteiger partial charge in [-0.15, -0.1) is 0 Å². The Morgan fingerprint density at radius 2 is 1.49 bits per heavy atom. The van der Waals surface area contributed by atoms with Crippen molar-refractivity contribution in [3.63, 3.8) is 0 Å². The van der Waals surface area contributed by atoms with Crippen LogP contribution >= 0.6 is 0 Å². The maximum atomic E-state index is 12.5. The average Bonchev–Trinajstić information content (AvgIpc) is 3.64. The monoisotopic (exact) mass is 882 g/mol. The Morgan fingerprint density at radius 3 is 2.10 bits per heavy atom. The number of rotatable bonds is 19. The molecule has 4 N–H and O–H groups in total. The largest absolute Gasteiger partial charge is 0.372 e. The highest BCUT2D eigenvalue weighted by Gasteiger charge is 2.44. The summed E-state index contributed by atoms with van der Waals surface area (Å²) < 4.78 is 68.8. The first-order chi connectivity index (χ1) is 28.6. The number of nitrogens with one attached hydrogen (secondary N) is 2. The molecule has 0 aliphatic carbocycles. The van der Waals surface area contributed by atoms with Crippen LogP contribution < -0.4 is 15.5 Å². The number of hydrogen-bond donors (Lipinski definition) is 4. The van der Waals surface area contributed by atoms with E-state index in [1.54, 1.807) is 12.1 Å². The van der Waals surface area contributed by atoms with Crippen molar-refractivity contribution >= 4 is 66.0 Å². The quantitative estimate of drug-likeness (QED) is 0.0262. The number of benzene rings is 3. The summed E-state index contributed by atoms with van der Waals surface area (Å²) in [5, 5.41) is 39.3. The van der Waals surface area contributed by atoms with Gasteiger partial charge in [-0.2, -0.15) is 21.4 Å². The molecule has 3 aromatic rings. The molecule has 2 heterocycles. The van der Waals surface area contributed by atoms with E-state index in [2.05, 4.69) is 15.2 Å². The Balaban J connectivity index is 1.19. The van der Waals surface area contributed by atoms with Crippen molar-refractivity contribution in [1.82, 2.24) is 5.32 Å². The van der Waals surface area contributed by atoms with Crippen LogP contribution in [-0.4, -0.2) is 83.1 Å². The fourth-order valence-electron chi connectivity index (χ4n) is 7.40. The third-order valence-corrected chi connectivity index (χ3v) is 12.0. The molecule has 0 saturated carbocycles. The second-order valence-electron chi connectivity index (χ2n) is 14.6. The molecule has 0 radical (unpaired) electrons. The SMILES string of the molecule is CC[N+]1=C(C=CC=CC=C2Cc3cc(S(=O)(=O)O)ccc3N2CCCCCC(=O)NCCNc2c([N+](=O)[O-])cc([N+](=O)[O-])cc2[N+](=O)[O-])C(C)(C)c2cc(S(=O)(=O)O)ccc21. The molecule has 20 nitrogen and oxygen atoms in total. The van der Waals surface area contributed by atoms with Crippen molar-refractivity contribution in [3.05, 3.63) is 126 Å². The number of allylic oxidation sites excluding steroid dienone is 6. The number of unbranched alkanes of at least 4 members (excludes halogenated alkanes) is 2. The third-order valence-electron chi connectivity index (χ3n) is 10.3. The Bertz CT molecular complexity index is 2600. The molecule has 1 amide bonds. The summed E-state index contributed by atoms with van der Waals surface area (Å²) in [6, 6.07) is 10.2. The molecule has 5 rings (SSSR count). The molecule has 0 unspecified atom stereocenters. The summed E-state index contributed by atoms with van der Waals surface area (Å²) in [6.45, 7) is 6.88. The van der Waals surface area contributed by atoms with Crippen LogP contribution in [0.5, 0.6) is 0 Å². The predicted molar refractivity (Wildman–Crippen MR) is 225 cm³/mol. The van der Waals surface area contributed by atoms with Crippen molar-refractivity contribution < 1.29 is 50.1 Å². The summed E-state index contributed by atoms with van der Waals surface area (Å²) in [4.78, 5) is 45.3. The molecule has 0 fully saturated rings. The fourth-order valence-corrected chi connectivity index (χ4v) is 8.44. The van der Waals surface area contributed by atoms with E-state index in [1.807, 2.05) is 56.1 Å². The smallest absolute Gasteiger partial charge is 0.306 e. The van der Waals surface area contributed by atoms with E-state index in [1.165, 1.54) is 24.3 Å². The number of amides is 1. The first kappa shape index (κ1) is 45.7. The van der Waals surface area contributed by atoms with Gasteiger partial charge in [0.1, 0.15) is 6.54 Å². The average molecular weight is 883 g/mol. The van der Waals surface area contributed by atoms with Gasteiger partial charge in [-0.3, -0.25) is 44.2 Å². The van der Waals surface area contributed by atoms with Gasteiger partial charge in [0.2, 0.25) is 11.6 Å². The topological polar surface area (TPSA) is 286 Å². The Kier molecular flexibility index (Phi) is 13.9. The molecule has 2 aliphatic rings. The zero-order chi connectivity index (χ0) is 44.9. The standard InChI is InChI=1S/C39H43N7O13S2/c1-4-42-33-17-15-30(61(57,58)59)25-31(33)39(2,3)36(42)12-8-5-7-11-27-21-26-22-29(60(54,55)56)14-16-32(26)43(27)20-10-6-9-13-37(47)40-18-19-41-38-34(45(50)51)23-28(44(48)49)24-35(38)46(52)53/h5,7-8,11-12,14-17,22-25,41H,4,6,9-10,13,18-21H2,1-3H3,(H2-,40,47,54,55,56,57,58,59)/p+1. The Hall–Kier alpha value is -6.36. The lowest BCUT2D eigenvalue weighted by atomic mass is 9.81. The minimum atomic E-state index is -4.44. The molecule has 0 atom stereocenters. The van der Waals surface area contributed by atoms with Crippen LogP contribution in [0.15, 0.2) is 94.4 Å². The number of nitrogens with zero attached hydrogens (tertiary/aromatic N) is 5. The molecule has 22 heteroatoms. The predicted octanol–water partition coefficient (Wildman–Crippen LogP) is 6.15. The van der Waals surface area contributed by atoms with Crippen LogP contribution in [-0.2, 0) is 36.9 Å². The summed E-state index contributed by atoms with van der Waals surface area (Å²) in [5.74, 6) is -0.328. The Labute approximate surface area is 350 Å². The highest BCUT2D eigenvalue weighted by molar-refractivity contribution is 7.86. The van der Waals surface area contributed by atoms with Gasteiger partial charge in [-0.1, -0.05) is 24.6 Å². The summed E-state index contributed by atoms with van der Waals surface area (Å²) in [6.07, 6.45) is 11.7. The van der Waals surface area contributed by atoms with Crippen LogP contribution in [0.4, 0.5) is 34.1 Å². The lowest BCUT2D eigenvalue weighted by Gasteiger charge is -2.21. The van der Waals surface area contributed by atoms with Crippen LogP contribution in [0, 0.1) is 30.3 Å². The van der Waals surface area contributed by atoms with Crippen molar-refractivity contribution in [1.29, 1.82) is 0 Å². The minimum absolute atomic E-state index is 0.0450. The first-order valence-electron chi connectivity index (χ1n) is 19.0. The number of hydrogen-bond acceptors (Lipinski definition) is 13. The van der Waals surface area contributed by atoms with E-state index in [9.17, 15) is 61.1 Å². The molecule has 2 aliphatic heterocycles. The van der Waals surface area contributed by atoms with Gasteiger partial charge in [0.05, 0.1) is 42.1 Å². The highest BCUT2D eigenvalue weighted by Crippen LogP contribution is 2.42. The molecule has 0 spiro atoms. The van der Waals surface area contributed by atoms with Crippen molar-refractivity contribution in [2.24, 2.45) is 0 Å². The zero-order valence-corrected chi connectivity index (χ0v) is 34.9. The number of nitro groups is 3. The number of anilines is 2. The van der Waals surface area contributed by atoms with E-state index < -0.39 is 63.2 Å². The fraction of sp³-hybridized carbons (Fsp3) is 0.333. The molecule has 3 aromatic carbocycles. The number of carbonyl (C=O) groups excluding carboxylic acids is 1. The van der Waals surface area contributed by atoms with E-state index in [0.717, 1.165) is 28.3 Å². The summed E-state index contributed by atoms with van der Waals surface area (Å²) >= 11 is 0. The van der Waals surface area contributed by atoms with E-state index in [0.29, 0.717) is 56.5 Å². The first-order valence-corrected chi connectivity index (χ1v) is 21.8. The van der Waals surface area contributed by atoms with Gasteiger partial charge in [0.25, 0.3) is 25.9 Å². The number of nitro benzene ring substituents is 3. The van der Waals surface area contributed by atoms with Crippen molar-refractivity contribution in [2.45, 2.75) is 68.1 Å². The maximum Gasteiger partial charge on any atom is 0.306 e. The molecular formula is C39H44N7O13S2+. The van der Waals surface area contributed by atoms with Crippen LogP contribution in [0.3, 0.4) is 0 Å². The van der Waals surface area contributed by atoms with Gasteiger partial charge in [-0.25, -0.2) is 0 Å². The lowest BCUT2D eigenvalue weighted by molar-refractivity contribution is -0.433. The van der Waals surface area contributed by atoms with Gasteiger partial charge in [0, 0.05) is 61.6 Å². The minimum Gasteiger partial charge on any atom is -0.372 e. The second-order valence-corrected chi connectivity index (χ2v) is 17.5. The number of fused-ring (bicyclic) bond motifs is 2. The van der Waals surface area contributed by atoms with Gasteiger partial charge in [0.15, 0.2) is 11.4 Å². The van der Waals surface area contributed by atoms with Crippen LogP contribution in [0.1, 0.15) is 57.6 Å². The lowest BCUT2D eigenvalue weighted by Crippen LogP contribution is -2.28. The summed E-state index contributed by atoms with van der Waals surface area (Å²) in [7, 11) is -8.82. The maximum absolute atomic E-state index is 12.5. The van der Waals surface area contributed by atoms with E-state index >= 15 is 0 Å². The van der Waals surface area contributed by atoms with Crippen LogP contribution in [0.2, 0.25) is 0 Å². The molecule has 0 aromatic heterocycles. The molecule has 0 saturated heterocycles. The normalized spacial score (nSPS) is 15.4. The number of non-ortho nitro benzene ring substituents is 1. The molecule has 0 bridgehead atoms. The van der Waals surface area contributed by atoms with Gasteiger partial charge in [-0.05, 0) is 75.6 Å². The van der Waals surface area contributed by atoms with Crippen molar-refractivity contribution in [2.75, 3.05) is 36.4 Å².